The Morgan fingerprint density at radius 3 is 1.61 bits per heavy atom. The van der Waals surface area contributed by atoms with Gasteiger partial charge in [-0.05, 0) is 30.7 Å². The number of rotatable bonds is 6. The maximum absolute atomic E-state index is 12.8. The normalized spacial score (nSPS) is 13.4. The Balaban J connectivity index is 3.35. The van der Waals surface area contributed by atoms with Crippen LogP contribution in [0.4, 0.5) is 26.3 Å². The van der Waals surface area contributed by atoms with E-state index in [0.29, 0.717) is 12.1 Å². The molecule has 0 aliphatic rings. The van der Waals surface area contributed by atoms with Crippen LogP contribution in [0.5, 0.6) is 0 Å². The van der Waals surface area contributed by atoms with Crippen molar-refractivity contribution in [3.05, 3.63) is 34.9 Å². The van der Waals surface area contributed by atoms with Crippen molar-refractivity contribution in [2.75, 3.05) is 20.8 Å². The highest BCUT2D eigenvalue weighted by Gasteiger charge is 2.42. The second kappa shape index (κ2) is 7.20. The van der Waals surface area contributed by atoms with Gasteiger partial charge in [0.15, 0.2) is 0 Å². The monoisotopic (exact) mass is 362 g/mol. The minimum absolute atomic E-state index is 0.0764. The lowest BCUT2D eigenvalue weighted by Crippen LogP contribution is -2.46. The number of benzene rings is 1. The van der Waals surface area contributed by atoms with Crippen LogP contribution in [-0.4, -0.2) is 29.6 Å². The fourth-order valence-electron chi connectivity index (χ4n) is 1.99. The van der Waals surface area contributed by atoms with E-state index in [4.69, 9.17) is 13.3 Å². The van der Waals surface area contributed by atoms with Gasteiger partial charge in [-0.15, -0.1) is 0 Å². The summed E-state index contributed by atoms with van der Waals surface area (Å²) in [6.07, 6.45) is -9.79. The van der Waals surface area contributed by atoms with E-state index in [1.807, 2.05) is 0 Å². The summed E-state index contributed by atoms with van der Waals surface area (Å²) in [6, 6.07) is 1.07. The fraction of sp³-hybridized carbons (Fsp3) is 0.538. The quantitative estimate of drug-likeness (QED) is 0.564. The average molecular weight is 362 g/mol. The van der Waals surface area contributed by atoms with E-state index in [1.54, 1.807) is 6.92 Å². The van der Waals surface area contributed by atoms with E-state index in [2.05, 4.69) is 0 Å². The molecule has 0 heterocycles. The maximum Gasteiger partial charge on any atom is 0.504 e. The summed E-state index contributed by atoms with van der Waals surface area (Å²) in [7, 11) is -0.904. The first kappa shape index (κ1) is 19.9. The topological polar surface area (TPSA) is 27.7 Å². The minimum atomic E-state index is -4.90. The molecule has 0 aliphatic heterocycles. The van der Waals surface area contributed by atoms with Crippen LogP contribution < -0.4 is 0 Å². The fourth-order valence-corrected chi connectivity index (χ4v) is 3.92. The summed E-state index contributed by atoms with van der Waals surface area (Å²) in [5, 5.41) is 0. The van der Waals surface area contributed by atoms with Gasteiger partial charge in [-0.1, -0.05) is 0 Å². The maximum atomic E-state index is 12.8. The molecule has 0 atom stereocenters. The molecule has 1 rings (SSSR count). The Bertz CT molecular complexity index is 493. The highest BCUT2D eigenvalue weighted by Crippen LogP contribution is 2.37. The highest BCUT2D eigenvalue weighted by atomic mass is 28.4. The summed E-state index contributed by atoms with van der Waals surface area (Å²) in [4.78, 5) is 0. The summed E-state index contributed by atoms with van der Waals surface area (Å²) in [5.74, 6) is 0. The summed E-state index contributed by atoms with van der Waals surface area (Å²) in [5.41, 5.74) is -2.97. The molecule has 0 aliphatic carbocycles. The molecular formula is C13H16F6O3Si. The number of halogens is 6. The van der Waals surface area contributed by atoms with Crippen molar-refractivity contribution in [1.82, 2.24) is 0 Å². The minimum Gasteiger partial charge on any atom is -0.377 e. The van der Waals surface area contributed by atoms with Crippen molar-refractivity contribution in [3.8, 4) is 0 Å². The Morgan fingerprint density at radius 2 is 1.30 bits per heavy atom. The molecule has 0 fully saturated rings. The van der Waals surface area contributed by atoms with Gasteiger partial charge in [0.1, 0.15) is 0 Å². The van der Waals surface area contributed by atoms with Gasteiger partial charge in [-0.25, -0.2) is 0 Å². The third-order valence-corrected chi connectivity index (χ3v) is 5.87. The van der Waals surface area contributed by atoms with Gasteiger partial charge in [0, 0.05) is 26.9 Å². The van der Waals surface area contributed by atoms with Crippen molar-refractivity contribution in [3.63, 3.8) is 0 Å². The molecule has 0 bridgehead atoms. The van der Waals surface area contributed by atoms with Crippen LogP contribution in [0.15, 0.2) is 18.2 Å². The third-order valence-electron chi connectivity index (χ3n) is 3.05. The van der Waals surface area contributed by atoms with Crippen molar-refractivity contribution >= 4 is 8.80 Å². The van der Waals surface area contributed by atoms with E-state index < -0.39 is 32.3 Å². The van der Waals surface area contributed by atoms with Gasteiger partial charge >= 0.3 is 21.2 Å². The molecule has 1 aromatic rings. The molecule has 0 spiro atoms. The van der Waals surface area contributed by atoms with Crippen LogP contribution in [0.25, 0.3) is 0 Å². The van der Waals surface area contributed by atoms with Crippen LogP contribution in [0, 0.1) is 0 Å². The van der Waals surface area contributed by atoms with Crippen molar-refractivity contribution in [2.24, 2.45) is 0 Å². The van der Waals surface area contributed by atoms with Crippen LogP contribution in [-0.2, 0) is 31.7 Å². The molecule has 132 valence electrons. The summed E-state index contributed by atoms with van der Waals surface area (Å²) >= 11 is 0. The van der Waals surface area contributed by atoms with Crippen molar-refractivity contribution in [1.29, 1.82) is 0 Å². The van der Waals surface area contributed by atoms with Crippen LogP contribution in [0.1, 0.15) is 23.6 Å². The molecular weight excluding hydrogens is 346 g/mol. The standard InChI is InChI=1S/C13H16F6O3Si/c1-4-22-23(20-2,21-3)8-9-5-10(12(14,15)16)7-11(6-9)13(17,18)19/h5-7H,4,8H2,1-3H3. The first-order chi connectivity index (χ1) is 10.5. The van der Waals surface area contributed by atoms with Crippen LogP contribution >= 0.6 is 0 Å². The van der Waals surface area contributed by atoms with Crippen molar-refractivity contribution < 1.29 is 39.6 Å². The largest absolute Gasteiger partial charge is 0.504 e. The first-order valence-electron chi connectivity index (χ1n) is 6.50. The molecule has 23 heavy (non-hydrogen) atoms. The highest BCUT2D eigenvalue weighted by molar-refractivity contribution is 6.60. The van der Waals surface area contributed by atoms with Gasteiger partial charge < -0.3 is 13.3 Å². The van der Waals surface area contributed by atoms with Crippen LogP contribution in [0.3, 0.4) is 0 Å². The zero-order valence-corrected chi connectivity index (χ0v) is 13.6. The van der Waals surface area contributed by atoms with Gasteiger partial charge in [0.05, 0.1) is 11.1 Å². The third kappa shape index (κ3) is 5.20. The lowest BCUT2D eigenvalue weighted by molar-refractivity contribution is -0.143. The Hall–Kier alpha value is -1.10. The van der Waals surface area contributed by atoms with Crippen molar-refractivity contribution in [2.45, 2.75) is 25.3 Å². The zero-order chi connectivity index (χ0) is 17.9. The molecule has 0 aromatic heterocycles. The van der Waals surface area contributed by atoms with Crippen LogP contribution in [0.2, 0.25) is 0 Å². The summed E-state index contributed by atoms with van der Waals surface area (Å²) < 4.78 is 92.5. The Morgan fingerprint density at radius 1 is 0.870 bits per heavy atom. The van der Waals surface area contributed by atoms with E-state index >= 15 is 0 Å². The molecule has 0 radical (unpaired) electrons. The number of hydrogen-bond acceptors (Lipinski definition) is 3. The van der Waals surface area contributed by atoms with Gasteiger partial charge in [-0.2, -0.15) is 26.3 Å². The predicted octanol–water partition coefficient (Wildman–Crippen LogP) is 4.07. The average Bonchev–Trinajstić information content (AvgIpc) is 2.44. The summed E-state index contributed by atoms with van der Waals surface area (Å²) in [6.45, 7) is 1.77. The zero-order valence-electron chi connectivity index (χ0n) is 12.6. The molecule has 0 saturated heterocycles. The SMILES string of the molecule is CCO[Si](Cc1cc(C(F)(F)F)cc(C(F)(F)F)c1)(OC)OC. The molecule has 0 unspecified atom stereocenters. The van der Waals surface area contributed by atoms with E-state index in [9.17, 15) is 26.3 Å². The van der Waals surface area contributed by atoms with Gasteiger partial charge in [0.25, 0.3) is 0 Å². The lowest BCUT2D eigenvalue weighted by Gasteiger charge is -2.26. The van der Waals surface area contributed by atoms with Gasteiger partial charge in [0.2, 0.25) is 0 Å². The number of hydrogen-bond donors (Lipinski definition) is 0. The molecule has 3 nitrogen and oxygen atoms in total. The molecule has 1 aromatic carbocycles. The molecule has 0 saturated carbocycles. The second-order valence-electron chi connectivity index (χ2n) is 4.62. The van der Waals surface area contributed by atoms with Gasteiger partial charge in [-0.3, -0.25) is 0 Å². The molecule has 0 N–H and O–H groups in total. The lowest BCUT2D eigenvalue weighted by atomic mass is 10.1. The Kier molecular flexibility index (Phi) is 6.24. The molecule has 10 heteroatoms. The number of alkyl halides is 6. The predicted molar refractivity (Wildman–Crippen MR) is 71.5 cm³/mol. The van der Waals surface area contributed by atoms with E-state index in [0.717, 1.165) is 0 Å². The second-order valence-corrected chi connectivity index (χ2v) is 7.44. The smallest absolute Gasteiger partial charge is 0.377 e. The first-order valence-corrected chi connectivity index (χ1v) is 8.43. The molecule has 0 amide bonds. The van der Waals surface area contributed by atoms with E-state index in [1.165, 1.54) is 14.2 Å². The van der Waals surface area contributed by atoms with E-state index in [-0.39, 0.29) is 24.3 Å². The Labute approximate surface area is 130 Å².